The van der Waals surface area contributed by atoms with E-state index in [0.717, 1.165) is 22.4 Å². The summed E-state index contributed by atoms with van der Waals surface area (Å²) < 4.78 is 7.59. The van der Waals surface area contributed by atoms with Gasteiger partial charge in [0.05, 0.1) is 6.10 Å². The smallest absolute Gasteiger partial charge is 0.195 e. The molecule has 0 saturated heterocycles. The number of ether oxygens (including phenoxy) is 1. The molecule has 0 amide bonds. The maximum absolute atomic E-state index is 10.2. The molecule has 1 aromatic heterocycles. The summed E-state index contributed by atoms with van der Waals surface area (Å²) in [5.41, 5.74) is 2.21. The number of aliphatic hydroxyl groups excluding tert-OH is 1. The average molecular weight is 355 g/mol. The standard InChI is InChI=1S/C19H21N3O2S/c1-14-7-6-8-16(11-14)22-15(2)20-21-19(22)25-13-17(23)12-24-18-9-4-3-5-10-18/h3-11,17,23H,12-13H2,1-2H3/t17-/m0/s1. The highest BCUT2D eigenvalue weighted by Gasteiger charge is 2.14. The van der Waals surface area contributed by atoms with Gasteiger partial charge >= 0.3 is 0 Å². The van der Waals surface area contributed by atoms with Crippen LogP contribution in [0.15, 0.2) is 59.8 Å². The Morgan fingerprint density at radius 3 is 2.64 bits per heavy atom. The van der Waals surface area contributed by atoms with E-state index in [1.54, 1.807) is 0 Å². The number of hydrogen-bond donors (Lipinski definition) is 1. The molecule has 1 atom stereocenters. The molecule has 0 radical (unpaired) electrons. The van der Waals surface area contributed by atoms with E-state index in [1.807, 2.05) is 54.0 Å². The molecule has 0 spiro atoms. The fourth-order valence-corrected chi connectivity index (χ4v) is 3.33. The highest BCUT2D eigenvalue weighted by Crippen LogP contribution is 2.23. The number of hydrogen-bond acceptors (Lipinski definition) is 5. The highest BCUT2D eigenvalue weighted by molar-refractivity contribution is 7.99. The van der Waals surface area contributed by atoms with Crippen LogP contribution in [0.2, 0.25) is 0 Å². The molecule has 0 aliphatic rings. The molecule has 0 unspecified atom stereocenters. The lowest BCUT2D eigenvalue weighted by molar-refractivity contribution is 0.126. The zero-order valence-electron chi connectivity index (χ0n) is 14.3. The van der Waals surface area contributed by atoms with Crippen molar-refractivity contribution in [1.82, 2.24) is 14.8 Å². The molecule has 0 aliphatic carbocycles. The molecule has 6 heteroatoms. The zero-order valence-corrected chi connectivity index (χ0v) is 15.1. The van der Waals surface area contributed by atoms with Crippen LogP contribution in [-0.2, 0) is 0 Å². The summed E-state index contributed by atoms with van der Waals surface area (Å²) in [6, 6.07) is 17.7. The average Bonchev–Trinajstić information content (AvgIpc) is 2.99. The Hall–Kier alpha value is -2.31. The molecule has 5 nitrogen and oxygen atoms in total. The summed E-state index contributed by atoms with van der Waals surface area (Å²) in [4.78, 5) is 0. The van der Waals surface area contributed by atoms with Crippen molar-refractivity contribution in [2.24, 2.45) is 0 Å². The van der Waals surface area contributed by atoms with Gasteiger partial charge in [-0.05, 0) is 43.7 Å². The van der Waals surface area contributed by atoms with Crippen LogP contribution in [-0.4, -0.2) is 38.3 Å². The largest absolute Gasteiger partial charge is 0.491 e. The van der Waals surface area contributed by atoms with Crippen LogP contribution in [0.1, 0.15) is 11.4 Å². The number of para-hydroxylation sites is 1. The third kappa shape index (κ3) is 4.61. The first kappa shape index (κ1) is 17.5. The second-order valence-electron chi connectivity index (χ2n) is 5.79. The van der Waals surface area contributed by atoms with Gasteiger partial charge in [-0.1, -0.05) is 42.1 Å². The van der Waals surface area contributed by atoms with Crippen LogP contribution < -0.4 is 4.74 Å². The summed E-state index contributed by atoms with van der Waals surface area (Å²) in [7, 11) is 0. The van der Waals surface area contributed by atoms with E-state index in [1.165, 1.54) is 17.3 Å². The van der Waals surface area contributed by atoms with Crippen molar-refractivity contribution in [3.63, 3.8) is 0 Å². The quantitative estimate of drug-likeness (QED) is 0.658. The Balaban J connectivity index is 1.62. The first-order valence-corrected chi connectivity index (χ1v) is 9.10. The topological polar surface area (TPSA) is 60.2 Å². The molecule has 0 saturated carbocycles. The summed E-state index contributed by atoms with van der Waals surface area (Å²) >= 11 is 1.47. The van der Waals surface area contributed by atoms with E-state index in [0.29, 0.717) is 5.75 Å². The maximum atomic E-state index is 10.2. The summed E-state index contributed by atoms with van der Waals surface area (Å²) in [6.07, 6.45) is -0.590. The highest BCUT2D eigenvalue weighted by atomic mass is 32.2. The molecule has 3 rings (SSSR count). The first-order chi connectivity index (χ1) is 12.1. The minimum absolute atomic E-state index is 0.245. The van der Waals surface area contributed by atoms with Crippen molar-refractivity contribution in [2.75, 3.05) is 12.4 Å². The predicted molar refractivity (Wildman–Crippen MR) is 99.5 cm³/mol. The van der Waals surface area contributed by atoms with Gasteiger partial charge in [0.15, 0.2) is 5.16 Å². The zero-order chi connectivity index (χ0) is 17.6. The van der Waals surface area contributed by atoms with E-state index in [4.69, 9.17) is 4.74 Å². The number of benzene rings is 2. The normalized spacial score (nSPS) is 12.1. The van der Waals surface area contributed by atoms with Crippen molar-refractivity contribution >= 4 is 11.8 Å². The van der Waals surface area contributed by atoms with Gasteiger partial charge in [-0.15, -0.1) is 10.2 Å². The summed E-state index contributed by atoms with van der Waals surface area (Å²) in [6.45, 7) is 4.23. The summed E-state index contributed by atoms with van der Waals surface area (Å²) in [5, 5.41) is 19.4. The number of aliphatic hydroxyl groups is 1. The van der Waals surface area contributed by atoms with Crippen molar-refractivity contribution in [3.05, 3.63) is 66.0 Å². The number of rotatable bonds is 7. The van der Waals surface area contributed by atoms with Gasteiger partial charge in [0.2, 0.25) is 0 Å². The fraction of sp³-hybridized carbons (Fsp3) is 0.263. The van der Waals surface area contributed by atoms with Crippen LogP contribution in [0.3, 0.4) is 0 Å². The molecule has 0 aliphatic heterocycles. The third-order valence-electron chi connectivity index (χ3n) is 3.65. The van der Waals surface area contributed by atoms with E-state index >= 15 is 0 Å². The van der Waals surface area contributed by atoms with Crippen LogP contribution in [0.25, 0.3) is 5.69 Å². The van der Waals surface area contributed by atoms with Crippen LogP contribution in [0.4, 0.5) is 0 Å². The minimum Gasteiger partial charge on any atom is -0.491 e. The van der Waals surface area contributed by atoms with Crippen molar-refractivity contribution in [1.29, 1.82) is 0 Å². The van der Waals surface area contributed by atoms with E-state index in [-0.39, 0.29) is 6.61 Å². The first-order valence-electron chi connectivity index (χ1n) is 8.11. The molecule has 25 heavy (non-hydrogen) atoms. The third-order valence-corrected chi connectivity index (χ3v) is 4.72. The molecule has 2 aromatic carbocycles. The van der Waals surface area contributed by atoms with Gasteiger partial charge in [0, 0.05) is 11.4 Å². The lowest BCUT2D eigenvalue weighted by Gasteiger charge is -2.13. The Bertz CT molecular complexity index is 821. The van der Waals surface area contributed by atoms with E-state index in [2.05, 4.69) is 29.3 Å². The van der Waals surface area contributed by atoms with E-state index in [9.17, 15) is 5.11 Å². The molecule has 0 bridgehead atoms. The Labute approximate surface area is 151 Å². The van der Waals surface area contributed by atoms with Crippen LogP contribution >= 0.6 is 11.8 Å². The number of nitrogens with zero attached hydrogens (tertiary/aromatic N) is 3. The monoisotopic (exact) mass is 355 g/mol. The van der Waals surface area contributed by atoms with Crippen LogP contribution in [0.5, 0.6) is 5.75 Å². The van der Waals surface area contributed by atoms with Crippen molar-refractivity contribution in [3.8, 4) is 11.4 Å². The lowest BCUT2D eigenvalue weighted by atomic mass is 10.2. The number of thioether (sulfide) groups is 1. The van der Waals surface area contributed by atoms with Crippen LogP contribution in [0, 0.1) is 13.8 Å². The molecular formula is C19H21N3O2S. The number of aromatic nitrogens is 3. The molecule has 1 heterocycles. The summed E-state index contributed by atoms with van der Waals surface area (Å²) in [5.74, 6) is 2.06. The second kappa shape index (κ2) is 8.18. The number of aryl methyl sites for hydroxylation is 2. The Kier molecular flexibility index (Phi) is 5.73. The fourth-order valence-electron chi connectivity index (χ4n) is 2.43. The van der Waals surface area contributed by atoms with Gasteiger partial charge in [-0.3, -0.25) is 4.57 Å². The molecule has 130 valence electrons. The molecule has 3 aromatic rings. The van der Waals surface area contributed by atoms with Gasteiger partial charge in [0.25, 0.3) is 0 Å². The van der Waals surface area contributed by atoms with Gasteiger partial charge < -0.3 is 9.84 Å². The minimum atomic E-state index is -0.590. The maximum Gasteiger partial charge on any atom is 0.195 e. The predicted octanol–water partition coefficient (Wildman–Crippen LogP) is 3.42. The Morgan fingerprint density at radius 1 is 1.08 bits per heavy atom. The second-order valence-corrected chi connectivity index (χ2v) is 6.78. The Morgan fingerprint density at radius 2 is 1.88 bits per heavy atom. The molecule has 1 N–H and O–H groups in total. The van der Waals surface area contributed by atoms with Gasteiger partial charge in [0.1, 0.15) is 18.2 Å². The van der Waals surface area contributed by atoms with Gasteiger partial charge in [-0.2, -0.15) is 0 Å². The van der Waals surface area contributed by atoms with Crippen molar-refractivity contribution in [2.45, 2.75) is 25.1 Å². The van der Waals surface area contributed by atoms with E-state index < -0.39 is 6.10 Å². The SMILES string of the molecule is Cc1cccc(-n2c(C)nnc2SC[C@@H](O)COc2ccccc2)c1. The van der Waals surface area contributed by atoms with Gasteiger partial charge in [-0.25, -0.2) is 0 Å². The molecule has 0 fully saturated rings. The molecular weight excluding hydrogens is 334 g/mol. The van der Waals surface area contributed by atoms with Crippen molar-refractivity contribution < 1.29 is 9.84 Å². The lowest BCUT2D eigenvalue weighted by Crippen LogP contribution is -2.20.